The van der Waals surface area contributed by atoms with Gasteiger partial charge < -0.3 is 9.84 Å². The molecule has 0 saturated carbocycles. The van der Waals surface area contributed by atoms with Gasteiger partial charge in [-0.3, -0.25) is 0 Å². The highest BCUT2D eigenvalue weighted by atomic mass is 16.5. The topological polar surface area (TPSA) is 29.5 Å². The van der Waals surface area contributed by atoms with E-state index in [4.69, 9.17) is 4.74 Å². The van der Waals surface area contributed by atoms with Crippen LogP contribution in [0, 0.1) is 0 Å². The van der Waals surface area contributed by atoms with Crippen molar-refractivity contribution in [2.45, 2.75) is 0 Å². The summed E-state index contributed by atoms with van der Waals surface area (Å²) in [6.45, 7) is 0. The Bertz CT molecular complexity index is 734. The second-order valence-corrected chi connectivity index (χ2v) is 4.80. The molecule has 3 aromatic rings. The van der Waals surface area contributed by atoms with Gasteiger partial charge in [0.1, 0.15) is 11.5 Å². The molecule has 0 bridgehead atoms. The van der Waals surface area contributed by atoms with Crippen molar-refractivity contribution in [3.05, 3.63) is 72.8 Å². The van der Waals surface area contributed by atoms with E-state index in [1.54, 1.807) is 13.2 Å². The fourth-order valence-corrected chi connectivity index (χ4v) is 2.47. The largest absolute Gasteiger partial charge is 0.507 e. The summed E-state index contributed by atoms with van der Waals surface area (Å²) in [5.41, 5.74) is 3.81. The van der Waals surface area contributed by atoms with E-state index in [1.807, 2.05) is 66.7 Å². The molecular formula is C19H16O2. The minimum atomic E-state index is 0.222. The summed E-state index contributed by atoms with van der Waals surface area (Å²) in [6, 6.07) is 23.5. The quantitative estimate of drug-likeness (QED) is 0.749. The van der Waals surface area contributed by atoms with Crippen molar-refractivity contribution in [3.8, 4) is 33.8 Å². The predicted octanol–water partition coefficient (Wildman–Crippen LogP) is 4.73. The molecule has 0 fully saturated rings. The summed E-state index contributed by atoms with van der Waals surface area (Å²) >= 11 is 0. The van der Waals surface area contributed by atoms with Crippen LogP contribution in [0.3, 0.4) is 0 Å². The summed E-state index contributed by atoms with van der Waals surface area (Å²) in [5, 5.41) is 10.4. The van der Waals surface area contributed by atoms with Crippen LogP contribution in [-0.2, 0) is 0 Å². The Kier molecular flexibility index (Phi) is 3.61. The van der Waals surface area contributed by atoms with Gasteiger partial charge >= 0.3 is 0 Å². The molecule has 0 unspecified atom stereocenters. The van der Waals surface area contributed by atoms with Crippen molar-refractivity contribution in [1.82, 2.24) is 0 Å². The van der Waals surface area contributed by atoms with Crippen molar-refractivity contribution in [2.24, 2.45) is 0 Å². The van der Waals surface area contributed by atoms with Gasteiger partial charge in [0.2, 0.25) is 0 Å². The third kappa shape index (κ3) is 2.61. The molecule has 0 radical (unpaired) electrons. The van der Waals surface area contributed by atoms with Gasteiger partial charge in [0.05, 0.1) is 7.11 Å². The summed E-state index contributed by atoms with van der Waals surface area (Å²) in [6.07, 6.45) is 0. The minimum absolute atomic E-state index is 0.222. The van der Waals surface area contributed by atoms with Gasteiger partial charge in [0.25, 0.3) is 0 Å². The SMILES string of the molecule is COc1cc(O)c(-c2ccccc2)c(-c2ccccc2)c1. The number of phenols is 1. The fraction of sp³-hybridized carbons (Fsp3) is 0.0526. The zero-order valence-corrected chi connectivity index (χ0v) is 11.8. The maximum atomic E-state index is 10.4. The zero-order chi connectivity index (χ0) is 14.7. The average Bonchev–Trinajstić information content (AvgIpc) is 2.55. The molecular weight excluding hydrogens is 260 g/mol. The Labute approximate surface area is 124 Å². The van der Waals surface area contributed by atoms with Crippen LogP contribution in [0.2, 0.25) is 0 Å². The first-order valence-electron chi connectivity index (χ1n) is 6.81. The first-order valence-corrected chi connectivity index (χ1v) is 6.81. The van der Waals surface area contributed by atoms with E-state index in [2.05, 4.69) is 0 Å². The number of methoxy groups -OCH3 is 1. The molecule has 104 valence electrons. The van der Waals surface area contributed by atoms with Crippen LogP contribution in [0.25, 0.3) is 22.3 Å². The number of benzene rings is 3. The number of hydrogen-bond donors (Lipinski definition) is 1. The number of ether oxygens (including phenoxy) is 1. The van der Waals surface area contributed by atoms with Gasteiger partial charge in [-0.2, -0.15) is 0 Å². The molecule has 2 nitrogen and oxygen atoms in total. The maximum Gasteiger partial charge on any atom is 0.127 e. The van der Waals surface area contributed by atoms with Gasteiger partial charge in [-0.15, -0.1) is 0 Å². The predicted molar refractivity (Wildman–Crippen MR) is 85.5 cm³/mol. The van der Waals surface area contributed by atoms with E-state index in [-0.39, 0.29) is 5.75 Å². The first-order chi connectivity index (χ1) is 10.3. The molecule has 0 saturated heterocycles. The lowest BCUT2D eigenvalue weighted by Crippen LogP contribution is -1.90. The number of phenolic OH excluding ortho intramolecular Hbond substituents is 1. The molecule has 3 aromatic carbocycles. The highest BCUT2D eigenvalue weighted by molar-refractivity contribution is 5.88. The molecule has 0 heterocycles. The van der Waals surface area contributed by atoms with Gasteiger partial charge in [-0.25, -0.2) is 0 Å². The molecule has 0 aromatic heterocycles. The summed E-state index contributed by atoms with van der Waals surface area (Å²) in [4.78, 5) is 0. The summed E-state index contributed by atoms with van der Waals surface area (Å²) < 4.78 is 5.29. The Morgan fingerprint density at radius 1 is 0.762 bits per heavy atom. The van der Waals surface area contributed by atoms with Gasteiger partial charge in [0.15, 0.2) is 0 Å². The molecule has 2 heteroatoms. The van der Waals surface area contributed by atoms with E-state index < -0.39 is 0 Å². The van der Waals surface area contributed by atoms with Crippen molar-refractivity contribution < 1.29 is 9.84 Å². The van der Waals surface area contributed by atoms with Crippen molar-refractivity contribution >= 4 is 0 Å². The molecule has 0 aliphatic heterocycles. The van der Waals surface area contributed by atoms with E-state index in [9.17, 15) is 5.11 Å². The fourth-order valence-electron chi connectivity index (χ4n) is 2.47. The normalized spacial score (nSPS) is 10.3. The van der Waals surface area contributed by atoms with E-state index in [0.717, 1.165) is 22.3 Å². The van der Waals surface area contributed by atoms with E-state index in [0.29, 0.717) is 5.75 Å². The van der Waals surface area contributed by atoms with Crippen molar-refractivity contribution in [3.63, 3.8) is 0 Å². The van der Waals surface area contributed by atoms with Gasteiger partial charge in [-0.05, 0) is 22.8 Å². The lowest BCUT2D eigenvalue weighted by molar-refractivity contribution is 0.408. The number of hydrogen-bond acceptors (Lipinski definition) is 2. The minimum Gasteiger partial charge on any atom is -0.507 e. The van der Waals surface area contributed by atoms with Crippen molar-refractivity contribution in [1.29, 1.82) is 0 Å². The lowest BCUT2D eigenvalue weighted by atomic mass is 9.93. The van der Waals surface area contributed by atoms with Crippen LogP contribution in [0.1, 0.15) is 0 Å². The van der Waals surface area contributed by atoms with Gasteiger partial charge in [-0.1, -0.05) is 60.7 Å². The molecule has 0 aliphatic rings. The lowest BCUT2D eigenvalue weighted by Gasteiger charge is -2.14. The molecule has 3 rings (SSSR count). The average molecular weight is 276 g/mol. The summed E-state index contributed by atoms with van der Waals surface area (Å²) in [5.74, 6) is 0.866. The second-order valence-electron chi connectivity index (χ2n) is 4.80. The van der Waals surface area contributed by atoms with Crippen LogP contribution in [0.15, 0.2) is 72.8 Å². The third-order valence-electron chi connectivity index (χ3n) is 3.47. The molecule has 0 atom stereocenters. The highest BCUT2D eigenvalue weighted by Crippen LogP contribution is 2.41. The van der Waals surface area contributed by atoms with Gasteiger partial charge in [0, 0.05) is 11.6 Å². The monoisotopic (exact) mass is 276 g/mol. The summed E-state index contributed by atoms with van der Waals surface area (Å²) in [7, 11) is 1.60. The second kappa shape index (κ2) is 5.71. The highest BCUT2D eigenvalue weighted by Gasteiger charge is 2.14. The molecule has 1 N–H and O–H groups in total. The van der Waals surface area contributed by atoms with Crippen LogP contribution in [0.5, 0.6) is 11.5 Å². The number of aromatic hydroxyl groups is 1. The standard InChI is InChI=1S/C19H16O2/c1-21-16-12-17(14-8-4-2-5-9-14)19(18(20)13-16)15-10-6-3-7-11-15/h2-13,20H,1H3. The van der Waals surface area contributed by atoms with E-state index >= 15 is 0 Å². The van der Waals surface area contributed by atoms with E-state index in [1.165, 1.54) is 0 Å². The van der Waals surface area contributed by atoms with Crippen molar-refractivity contribution in [2.75, 3.05) is 7.11 Å². The Morgan fingerprint density at radius 2 is 1.33 bits per heavy atom. The molecule has 21 heavy (non-hydrogen) atoms. The molecule has 0 aliphatic carbocycles. The Morgan fingerprint density at radius 3 is 1.90 bits per heavy atom. The Hall–Kier alpha value is -2.74. The smallest absolute Gasteiger partial charge is 0.127 e. The molecule has 0 amide bonds. The molecule has 0 spiro atoms. The van der Waals surface area contributed by atoms with Crippen LogP contribution < -0.4 is 4.74 Å². The maximum absolute atomic E-state index is 10.4. The third-order valence-corrected chi connectivity index (χ3v) is 3.47. The Balaban J connectivity index is 2.28. The van der Waals surface area contributed by atoms with Crippen LogP contribution in [-0.4, -0.2) is 12.2 Å². The number of rotatable bonds is 3. The van der Waals surface area contributed by atoms with Crippen LogP contribution in [0.4, 0.5) is 0 Å². The van der Waals surface area contributed by atoms with Crippen LogP contribution >= 0.6 is 0 Å². The zero-order valence-electron chi connectivity index (χ0n) is 11.8. The first kappa shape index (κ1) is 13.3.